The average molecular weight is 202 g/mol. The van der Waals surface area contributed by atoms with E-state index in [9.17, 15) is 0 Å². The lowest BCUT2D eigenvalue weighted by Gasteiger charge is -2.35. The summed E-state index contributed by atoms with van der Waals surface area (Å²) >= 11 is 0. The van der Waals surface area contributed by atoms with Gasteiger partial charge < -0.3 is 10.7 Å². The fraction of sp³-hybridized carbons (Fsp3) is 0.364. The maximum absolute atomic E-state index is 5.73. The van der Waals surface area contributed by atoms with Gasteiger partial charge in [0.2, 0.25) is 0 Å². The molecule has 4 nitrogen and oxygen atoms in total. The van der Waals surface area contributed by atoms with Gasteiger partial charge in [-0.3, -0.25) is 4.90 Å². The first-order valence-electron chi connectivity index (χ1n) is 5.23. The summed E-state index contributed by atoms with van der Waals surface area (Å²) in [5, 5.41) is 0. The van der Waals surface area contributed by atoms with Crippen LogP contribution < -0.4 is 5.73 Å². The van der Waals surface area contributed by atoms with Crippen molar-refractivity contribution in [3.63, 3.8) is 0 Å². The van der Waals surface area contributed by atoms with Gasteiger partial charge in [-0.05, 0) is 12.1 Å². The molecule has 0 bridgehead atoms. The standard InChI is InChI=1S/C11H14N4/c12-8-5-15(6-8)7-11-13-9-3-1-2-4-10(9)14-11/h1-4,8H,5-7,12H2,(H,13,14). The molecule has 1 aliphatic heterocycles. The molecule has 0 spiro atoms. The molecule has 1 aromatic heterocycles. The summed E-state index contributed by atoms with van der Waals surface area (Å²) in [5.41, 5.74) is 7.87. The van der Waals surface area contributed by atoms with Crippen molar-refractivity contribution in [2.45, 2.75) is 12.6 Å². The predicted octanol–water partition coefficient (Wildman–Crippen LogP) is 0.706. The molecular weight excluding hydrogens is 188 g/mol. The van der Waals surface area contributed by atoms with Gasteiger partial charge in [-0.1, -0.05) is 12.1 Å². The van der Waals surface area contributed by atoms with Crippen molar-refractivity contribution in [3.05, 3.63) is 30.1 Å². The predicted molar refractivity (Wildman–Crippen MR) is 59.3 cm³/mol. The second kappa shape index (κ2) is 3.32. The van der Waals surface area contributed by atoms with Gasteiger partial charge in [0.25, 0.3) is 0 Å². The second-order valence-electron chi connectivity index (χ2n) is 4.15. The third kappa shape index (κ3) is 1.62. The number of benzene rings is 1. The molecule has 0 unspecified atom stereocenters. The molecule has 0 atom stereocenters. The topological polar surface area (TPSA) is 57.9 Å². The summed E-state index contributed by atoms with van der Waals surface area (Å²) in [6.45, 7) is 2.84. The first kappa shape index (κ1) is 8.88. The number of hydrogen-bond donors (Lipinski definition) is 2. The van der Waals surface area contributed by atoms with Crippen molar-refractivity contribution in [1.29, 1.82) is 0 Å². The van der Waals surface area contributed by atoms with E-state index in [0.717, 1.165) is 36.5 Å². The minimum Gasteiger partial charge on any atom is -0.341 e. The molecule has 3 N–H and O–H groups in total. The lowest BCUT2D eigenvalue weighted by molar-refractivity contribution is 0.139. The minimum absolute atomic E-state index is 0.356. The van der Waals surface area contributed by atoms with Crippen molar-refractivity contribution in [3.8, 4) is 0 Å². The lowest BCUT2D eigenvalue weighted by Crippen LogP contribution is -2.55. The third-order valence-electron chi connectivity index (χ3n) is 2.80. The van der Waals surface area contributed by atoms with Crippen LogP contribution in [0, 0.1) is 0 Å². The first-order chi connectivity index (χ1) is 7.31. The van der Waals surface area contributed by atoms with Gasteiger partial charge in [0.15, 0.2) is 0 Å². The van der Waals surface area contributed by atoms with Crippen LogP contribution in [0.5, 0.6) is 0 Å². The van der Waals surface area contributed by atoms with E-state index in [-0.39, 0.29) is 0 Å². The van der Waals surface area contributed by atoms with E-state index in [1.807, 2.05) is 24.3 Å². The Morgan fingerprint density at radius 1 is 1.40 bits per heavy atom. The van der Waals surface area contributed by atoms with Gasteiger partial charge in [0, 0.05) is 19.1 Å². The van der Waals surface area contributed by atoms with E-state index in [4.69, 9.17) is 5.73 Å². The number of imidazole rings is 1. The molecule has 0 aliphatic carbocycles. The number of likely N-dealkylation sites (tertiary alicyclic amines) is 1. The summed E-state index contributed by atoms with van der Waals surface area (Å²) in [5.74, 6) is 1.03. The molecule has 78 valence electrons. The number of aromatic nitrogens is 2. The minimum atomic E-state index is 0.356. The molecular formula is C11H14N4. The van der Waals surface area contributed by atoms with Crippen LogP contribution in [0.25, 0.3) is 11.0 Å². The summed E-state index contributed by atoms with van der Waals surface area (Å²) < 4.78 is 0. The Balaban J connectivity index is 1.80. The quantitative estimate of drug-likeness (QED) is 0.754. The van der Waals surface area contributed by atoms with Gasteiger partial charge in [0.1, 0.15) is 5.82 Å². The highest BCUT2D eigenvalue weighted by molar-refractivity contribution is 5.74. The molecule has 2 heterocycles. The van der Waals surface area contributed by atoms with E-state index in [1.54, 1.807) is 0 Å². The maximum Gasteiger partial charge on any atom is 0.121 e. The Bertz CT molecular complexity index is 437. The van der Waals surface area contributed by atoms with E-state index < -0.39 is 0 Å². The Morgan fingerprint density at radius 3 is 2.93 bits per heavy atom. The smallest absolute Gasteiger partial charge is 0.121 e. The van der Waals surface area contributed by atoms with Crippen LogP contribution in [0.2, 0.25) is 0 Å². The number of rotatable bonds is 2. The van der Waals surface area contributed by atoms with Gasteiger partial charge in [0.05, 0.1) is 17.6 Å². The molecule has 0 radical (unpaired) electrons. The number of nitrogens with two attached hydrogens (primary N) is 1. The van der Waals surface area contributed by atoms with Crippen LogP contribution >= 0.6 is 0 Å². The van der Waals surface area contributed by atoms with Crippen LogP contribution in [-0.2, 0) is 6.54 Å². The van der Waals surface area contributed by atoms with Crippen LogP contribution in [0.3, 0.4) is 0 Å². The van der Waals surface area contributed by atoms with Gasteiger partial charge >= 0.3 is 0 Å². The molecule has 1 fully saturated rings. The third-order valence-corrected chi connectivity index (χ3v) is 2.80. The number of nitrogens with one attached hydrogen (secondary N) is 1. The molecule has 4 heteroatoms. The summed E-state index contributed by atoms with van der Waals surface area (Å²) in [4.78, 5) is 10.1. The van der Waals surface area contributed by atoms with Crippen molar-refractivity contribution >= 4 is 11.0 Å². The van der Waals surface area contributed by atoms with Crippen LogP contribution in [0.1, 0.15) is 5.82 Å². The Labute approximate surface area is 88.1 Å². The Hall–Kier alpha value is -1.39. The maximum atomic E-state index is 5.73. The van der Waals surface area contributed by atoms with E-state index in [0.29, 0.717) is 6.04 Å². The van der Waals surface area contributed by atoms with Crippen LogP contribution in [0.15, 0.2) is 24.3 Å². The zero-order valence-electron chi connectivity index (χ0n) is 8.48. The second-order valence-corrected chi connectivity index (χ2v) is 4.15. The largest absolute Gasteiger partial charge is 0.341 e. The number of nitrogens with zero attached hydrogens (tertiary/aromatic N) is 2. The number of fused-ring (bicyclic) bond motifs is 1. The number of H-pyrrole nitrogens is 1. The lowest BCUT2D eigenvalue weighted by atomic mass is 10.1. The van der Waals surface area contributed by atoms with Gasteiger partial charge in [-0.15, -0.1) is 0 Å². The molecule has 0 saturated carbocycles. The Morgan fingerprint density at radius 2 is 2.20 bits per heavy atom. The number of para-hydroxylation sites is 2. The van der Waals surface area contributed by atoms with Crippen molar-refractivity contribution in [2.75, 3.05) is 13.1 Å². The van der Waals surface area contributed by atoms with Gasteiger partial charge in [-0.2, -0.15) is 0 Å². The van der Waals surface area contributed by atoms with Crippen molar-refractivity contribution < 1.29 is 0 Å². The molecule has 0 amide bonds. The van der Waals surface area contributed by atoms with Gasteiger partial charge in [-0.25, -0.2) is 4.98 Å². The average Bonchev–Trinajstić information content (AvgIpc) is 2.57. The van der Waals surface area contributed by atoms with Crippen LogP contribution in [0.4, 0.5) is 0 Å². The SMILES string of the molecule is NC1CN(Cc2nc3ccccc3[nH]2)C1. The highest BCUT2D eigenvalue weighted by Crippen LogP contribution is 2.14. The molecule has 15 heavy (non-hydrogen) atoms. The number of aromatic amines is 1. The molecule has 1 aromatic carbocycles. The van der Waals surface area contributed by atoms with Crippen molar-refractivity contribution in [1.82, 2.24) is 14.9 Å². The zero-order valence-corrected chi connectivity index (χ0v) is 8.48. The highest BCUT2D eigenvalue weighted by atomic mass is 15.2. The first-order valence-corrected chi connectivity index (χ1v) is 5.23. The summed E-state index contributed by atoms with van der Waals surface area (Å²) in [6.07, 6.45) is 0. The fourth-order valence-electron chi connectivity index (χ4n) is 2.03. The zero-order chi connectivity index (χ0) is 10.3. The molecule has 1 saturated heterocycles. The monoisotopic (exact) mass is 202 g/mol. The summed E-state index contributed by atoms with van der Waals surface area (Å²) in [7, 11) is 0. The Kier molecular flexibility index (Phi) is 1.97. The number of hydrogen-bond acceptors (Lipinski definition) is 3. The molecule has 2 aromatic rings. The molecule has 1 aliphatic rings. The normalized spacial score (nSPS) is 18.2. The van der Waals surface area contributed by atoms with E-state index in [1.165, 1.54) is 0 Å². The fourth-order valence-corrected chi connectivity index (χ4v) is 2.03. The van der Waals surface area contributed by atoms with E-state index in [2.05, 4.69) is 14.9 Å². The highest BCUT2D eigenvalue weighted by Gasteiger charge is 2.23. The summed E-state index contributed by atoms with van der Waals surface area (Å²) in [6, 6.07) is 8.45. The van der Waals surface area contributed by atoms with Crippen molar-refractivity contribution in [2.24, 2.45) is 5.73 Å². The molecule has 3 rings (SSSR count). The van der Waals surface area contributed by atoms with E-state index >= 15 is 0 Å². The van der Waals surface area contributed by atoms with Crippen LogP contribution in [-0.4, -0.2) is 34.0 Å².